The molecule has 1 unspecified atom stereocenters. The number of hydrogen-bond acceptors (Lipinski definition) is 3. The van der Waals surface area contributed by atoms with Gasteiger partial charge >= 0.3 is 0 Å². The van der Waals surface area contributed by atoms with Crippen LogP contribution in [0.5, 0.6) is 0 Å². The van der Waals surface area contributed by atoms with Gasteiger partial charge in [-0.25, -0.2) is 0 Å². The van der Waals surface area contributed by atoms with Crippen LogP contribution in [0.15, 0.2) is 24.3 Å². The van der Waals surface area contributed by atoms with Crippen molar-refractivity contribution in [3.8, 4) is 0 Å². The van der Waals surface area contributed by atoms with E-state index in [9.17, 15) is 4.79 Å². The number of rotatable bonds is 3. The van der Waals surface area contributed by atoms with E-state index in [-0.39, 0.29) is 11.9 Å². The maximum atomic E-state index is 11.9. The Bertz CT molecular complexity index is 378. The van der Waals surface area contributed by atoms with Crippen molar-refractivity contribution in [3.05, 3.63) is 29.8 Å². The third-order valence-electron chi connectivity index (χ3n) is 2.68. The van der Waals surface area contributed by atoms with Crippen LogP contribution in [0.3, 0.4) is 0 Å². The maximum absolute atomic E-state index is 11.9. The summed E-state index contributed by atoms with van der Waals surface area (Å²) in [4.78, 5) is 13.6. The van der Waals surface area contributed by atoms with E-state index in [4.69, 9.17) is 5.73 Å². The minimum Gasteiger partial charge on any atom is -0.329 e. The Balaban J connectivity index is 2.30. The van der Waals surface area contributed by atoms with Gasteiger partial charge in [0.25, 0.3) is 0 Å². The van der Waals surface area contributed by atoms with E-state index in [2.05, 4.69) is 5.32 Å². The quantitative estimate of drug-likeness (QED) is 0.743. The summed E-state index contributed by atoms with van der Waals surface area (Å²) in [6.07, 6.45) is 0. The first-order valence-corrected chi connectivity index (χ1v) is 5.05. The molecule has 0 spiro atoms. The average Bonchev–Trinajstić information content (AvgIpc) is 2.51. The zero-order valence-electron chi connectivity index (χ0n) is 8.73. The first-order valence-electron chi connectivity index (χ1n) is 5.05. The Hall–Kier alpha value is -1.39. The van der Waals surface area contributed by atoms with Gasteiger partial charge in [-0.1, -0.05) is 18.2 Å². The number of benzene rings is 1. The Morgan fingerprint density at radius 1 is 1.47 bits per heavy atom. The van der Waals surface area contributed by atoms with Gasteiger partial charge in [0.1, 0.15) is 6.04 Å². The Labute approximate surface area is 89.1 Å². The smallest absolute Gasteiger partial charge is 0.248 e. The van der Waals surface area contributed by atoms with Crippen LogP contribution in [0.25, 0.3) is 0 Å². The Morgan fingerprint density at radius 2 is 2.20 bits per heavy atom. The summed E-state index contributed by atoms with van der Waals surface area (Å²) >= 11 is 0. The highest BCUT2D eigenvalue weighted by Gasteiger charge is 2.33. The zero-order chi connectivity index (χ0) is 10.8. The molecule has 0 aliphatic carbocycles. The first-order chi connectivity index (χ1) is 7.25. The van der Waals surface area contributed by atoms with Gasteiger partial charge < -0.3 is 16.0 Å². The summed E-state index contributed by atoms with van der Waals surface area (Å²) in [7, 11) is 1.80. The molecule has 1 aromatic rings. The van der Waals surface area contributed by atoms with Gasteiger partial charge in [-0.3, -0.25) is 4.79 Å². The van der Waals surface area contributed by atoms with Gasteiger partial charge in [-0.2, -0.15) is 0 Å². The van der Waals surface area contributed by atoms with Gasteiger partial charge in [0.15, 0.2) is 0 Å². The highest BCUT2D eigenvalue weighted by molar-refractivity contribution is 6.04. The van der Waals surface area contributed by atoms with Gasteiger partial charge in [0.2, 0.25) is 5.91 Å². The lowest BCUT2D eigenvalue weighted by Gasteiger charge is -2.11. The fourth-order valence-electron chi connectivity index (χ4n) is 1.91. The molecule has 3 N–H and O–H groups in total. The second-order valence-corrected chi connectivity index (χ2v) is 3.63. The summed E-state index contributed by atoms with van der Waals surface area (Å²) in [5.41, 5.74) is 7.44. The third-order valence-corrected chi connectivity index (χ3v) is 2.68. The summed E-state index contributed by atoms with van der Waals surface area (Å²) in [6.45, 7) is 1.19. The van der Waals surface area contributed by atoms with Crippen LogP contribution in [0, 0.1) is 0 Å². The zero-order valence-corrected chi connectivity index (χ0v) is 8.73. The molecule has 1 aromatic carbocycles. The van der Waals surface area contributed by atoms with Crippen LogP contribution in [0.4, 0.5) is 5.69 Å². The molecule has 0 saturated heterocycles. The van der Waals surface area contributed by atoms with Crippen LogP contribution in [0.2, 0.25) is 0 Å². The average molecular weight is 205 g/mol. The molecule has 1 heterocycles. The number of hydrogen-bond donors (Lipinski definition) is 2. The van der Waals surface area contributed by atoms with E-state index in [1.807, 2.05) is 24.3 Å². The van der Waals surface area contributed by atoms with Crippen molar-refractivity contribution in [2.75, 3.05) is 25.0 Å². The lowest BCUT2D eigenvalue weighted by Crippen LogP contribution is -2.34. The molecule has 0 saturated carbocycles. The highest BCUT2D eigenvalue weighted by Crippen LogP contribution is 2.33. The number of amides is 1. The molecule has 80 valence electrons. The van der Waals surface area contributed by atoms with E-state index >= 15 is 0 Å². The van der Waals surface area contributed by atoms with E-state index in [0.717, 1.165) is 11.3 Å². The van der Waals surface area contributed by atoms with Crippen molar-refractivity contribution >= 4 is 11.6 Å². The van der Waals surface area contributed by atoms with Gasteiger partial charge in [-0.15, -0.1) is 0 Å². The lowest BCUT2D eigenvalue weighted by atomic mass is 10.1. The SMILES string of the molecule is CN1C(=O)C(NCCN)c2ccccc21. The lowest BCUT2D eigenvalue weighted by molar-refractivity contribution is -0.119. The molecule has 15 heavy (non-hydrogen) atoms. The monoisotopic (exact) mass is 205 g/mol. The van der Waals surface area contributed by atoms with E-state index in [0.29, 0.717) is 13.1 Å². The van der Waals surface area contributed by atoms with Crippen LogP contribution in [-0.4, -0.2) is 26.0 Å². The van der Waals surface area contributed by atoms with E-state index in [1.54, 1.807) is 11.9 Å². The number of nitrogens with zero attached hydrogens (tertiary/aromatic N) is 1. The van der Waals surface area contributed by atoms with Crippen molar-refractivity contribution < 1.29 is 4.79 Å². The number of nitrogens with one attached hydrogen (secondary N) is 1. The number of para-hydroxylation sites is 1. The minimum absolute atomic E-state index is 0.0876. The normalized spacial score (nSPS) is 19.5. The van der Waals surface area contributed by atoms with Crippen LogP contribution in [0.1, 0.15) is 11.6 Å². The van der Waals surface area contributed by atoms with E-state index < -0.39 is 0 Å². The molecule has 1 aliphatic heterocycles. The van der Waals surface area contributed by atoms with Crippen LogP contribution in [-0.2, 0) is 4.79 Å². The Kier molecular flexibility index (Phi) is 2.70. The van der Waals surface area contributed by atoms with Crippen molar-refractivity contribution in [1.82, 2.24) is 5.32 Å². The maximum Gasteiger partial charge on any atom is 0.248 e. The molecule has 1 aliphatic rings. The molecule has 0 bridgehead atoms. The Morgan fingerprint density at radius 3 is 2.93 bits per heavy atom. The van der Waals surface area contributed by atoms with E-state index in [1.165, 1.54) is 0 Å². The minimum atomic E-state index is -0.227. The van der Waals surface area contributed by atoms with Gasteiger partial charge in [-0.05, 0) is 6.07 Å². The number of likely N-dealkylation sites (N-methyl/N-ethyl adjacent to an activating group) is 1. The molecular weight excluding hydrogens is 190 g/mol. The van der Waals surface area contributed by atoms with Crippen molar-refractivity contribution in [1.29, 1.82) is 0 Å². The van der Waals surface area contributed by atoms with Crippen molar-refractivity contribution in [2.24, 2.45) is 5.73 Å². The predicted molar refractivity (Wildman–Crippen MR) is 59.7 cm³/mol. The highest BCUT2D eigenvalue weighted by atomic mass is 16.2. The number of carbonyl (C=O) groups is 1. The topological polar surface area (TPSA) is 58.4 Å². The number of nitrogens with two attached hydrogens (primary N) is 1. The van der Waals surface area contributed by atoms with Gasteiger partial charge in [0.05, 0.1) is 0 Å². The fraction of sp³-hybridized carbons (Fsp3) is 0.364. The molecule has 1 amide bonds. The predicted octanol–water partition coefficient (Wildman–Crippen LogP) is 0.252. The van der Waals surface area contributed by atoms with Crippen LogP contribution < -0.4 is 16.0 Å². The number of fused-ring (bicyclic) bond motifs is 1. The van der Waals surface area contributed by atoms with Crippen LogP contribution >= 0.6 is 0 Å². The molecule has 0 radical (unpaired) electrons. The van der Waals surface area contributed by atoms with Crippen molar-refractivity contribution in [3.63, 3.8) is 0 Å². The molecule has 0 aromatic heterocycles. The summed E-state index contributed by atoms with van der Waals surface area (Å²) in [5.74, 6) is 0.0876. The fourth-order valence-corrected chi connectivity index (χ4v) is 1.91. The molecule has 0 fully saturated rings. The summed E-state index contributed by atoms with van der Waals surface area (Å²) < 4.78 is 0. The molecule has 4 nitrogen and oxygen atoms in total. The summed E-state index contributed by atoms with van der Waals surface area (Å²) in [6, 6.07) is 7.59. The largest absolute Gasteiger partial charge is 0.329 e. The number of anilines is 1. The van der Waals surface area contributed by atoms with Crippen molar-refractivity contribution in [2.45, 2.75) is 6.04 Å². The second-order valence-electron chi connectivity index (χ2n) is 3.63. The van der Waals surface area contributed by atoms with Gasteiger partial charge in [0, 0.05) is 31.4 Å². The number of carbonyl (C=O) groups excluding carboxylic acids is 1. The second kappa shape index (κ2) is 4.00. The molecule has 4 heteroatoms. The third kappa shape index (κ3) is 1.62. The molecule has 1 atom stereocenters. The summed E-state index contributed by atoms with van der Waals surface area (Å²) in [5, 5.41) is 3.15. The standard InChI is InChI=1S/C11H15N3O/c1-14-9-5-3-2-4-8(9)10(11(14)15)13-7-6-12/h2-5,10,13H,6-7,12H2,1H3. The molecule has 2 rings (SSSR count). The molecular formula is C11H15N3O. The first kappa shape index (κ1) is 10.1.